The molecule has 26 heavy (non-hydrogen) atoms. The van der Waals surface area contributed by atoms with Gasteiger partial charge in [-0.1, -0.05) is 6.07 Å². The van der Waals surface area contributed by atoms with Crippen LogP contribution in [0.1, 0.15) is 21.5 Å². The zero-order chi connectivity index (χ0) is 17.8. The number of imidazole rings is 1. The fourth-order valence-corrected chi connectivity index (χ4v) is 2.85. The molecule has 4 heterocycles. The highest BCUT2D eigenvalue weighted by Crippen LogP contribution is 2.14. The largest absolute Gasteiger partial charge is 0.330 e. The molecule has 0 saturated carbocycles. The lowest BCUT2D eigenvalue weighted by Gasteiger charge is -2.23. The fourth-order valence-electron chi connectivity index (χ4n) is 2.85. The zero-order valence-electron chi connectivity index (χ0n) is 14.1. The third-order valence-corrected chi connectivity index (χ3v) is 4.14. The number of hydrogen-bond donors (Lipinski definition) is 0. The molecule has 0 unspecified atom stereocenters. The van der Waals surface area contributed by atoms with Gasteiger partial charge in [-0.2, -0.15) is 0 Å². The van der Waals surface area contributed by atoms with Gasteiger partial charge in [0.1, 0.15) is 5.65 Å². The molecule has 4 aromatic heterocycles. The summed E-state index contributed by atoms with van der Waals surface area (Å²) in [5, 5.41) is 0. The summed E-state index contributed by atoms with van der Waals surface area (Å²) in [6.07, 6.45) is 12.3. The molecule has 4 rings (SSSR count). The number of hydrogen-bond acceptors (Lipinski definition) is 4. The van der Waals surface area contributed by atoms with Crippen molar-refractivity contribution in [2.24, 2.45) is 0 Å². The monoisotopic (exact) mass is 343 g/mol. The van der Waals surface area contributed by atoms with Crippen molar-refractivity contribution in [3.63, 3.8) is 0 Å². The van der Waals surface area contributed by atoms with Crippen LogP contribution in [-0.4, -0.2) is 30.2 Å². The minimum absolute atomic E-state index is 0.0405. The molecule has 0 aliphatic carbocycles. The average Bonchev–Trinajstić information content (AvgIpc) is 3.16. The molecule has 0 saturated heterocycles. The maximum Gasteiger partial charge on any atom is 0.255 e. The van der Waals surface area contributed by atoms with E-state index >= 15 is 0 Å². The smallest absolute Gasteiger partial charge is 0.255 e. The summed E-state index contributed by atoms with van der Waals surface area (Å²) in [5.41, 5.74) is 3.45. The molecule has 0 fully saturated rings. The molecule has 4 aromatic rings. The molecule has 0 aliphatic rings. The first-order valence-electron chi connectivity index (χ1n) is 8.29. The molecule has 0 atom stereocenters. The average molecular weight is 343 g/mol. The van der Waals surface area contributed by atoms with Gasteiger partial charge in [-0.05, 0) is 41.5 Å². The highest BCUT2D eigenvalue weighted by Gasteiger charge is 2.17. The molecule has 128 valence electrons. The van der Waals surface area contributed by atoms with Gasteiger partial charge in [0.15, 0.2) is 0 Å². The van der Waals surface area contributed by atoms with Gasteiger partial charge in [0.05, 0.1) is 5.56 Å². The first kappa shape index (κ1) is 16.0. The lowest BCUT2D eigenvalue weighted by molar-refractivity contribution is 0.0729. The van der Waals surface area contributed by atoms with E-state index in [1.165, 1.54) is 0 Å². The van der Waals surface area contributed by atoms with Crippen molar-refractivity contribution >= 4 is 11.6 Å². The van der Waals surface area contributed by atoms with Gasteiger partial charge in [0.25, 0.3) is 5.91 Å². The van der Waals surface area contributed by atoms with E-state index in [0.29, 0.717) is 18.7 Å². The molecular formula is C20H17N5O. The molecule has 0 aromatic carbocycles. The second kappa shape index (κ2) is 7.14. The normalized spacial score (nSPS) is 10.8. The molecule has 0 spiro atoms. The van der Waals surface area contributed by atoms with Gasteiger partial charge in [-0.3, -0.25) is 14.8 Å². The second-order valence-corrected chi connectivity index (χ2v) is 5.99. The minimum atomic E-state index is -0.0405. The number of pyridine rings is 3. The summed E-state index contributed by atoms with van der Waals surface area (Å²) in [6.45, 7) is 0.981. The van der Waals surface area contributed by atoms with Crippen molar-refractivity contribution in [2.75, 3.05) is 0 Å². The standard InChI is InChI=1S/C20H17N5O/c26-20(18-3-4-19-23-10-11-24(19)15-18)25(13-16-5-8-21-9-6-16)14-17-2-1-7-22-12-17/h1-12,15H,13-14H2. The van der Waals surface area contributed by atoms with E-state index in [4.69, 9.17) is 0 Å². The predicted molar refractivity (Wildman–Crippen MR) is 97.2 cm³/mol. The highest BCUT2D eigenvalue weighted by molar-refractivity contribution is 5.94. The molecule has 0 aliphatic heterocycles. The van der Waals surface area contributed by atoms with Gasteiger partial charge in [0, 0.05) is 56.5 Å². The highest BCUT2D eigenvalue weighted by atomic mass is 16.2. The van der Waals surface area contributed by atoms with E-state index in [9.17, 15) is 4.79 Å². The summed E-state index contributed by atoms with van der Waals surface area (Å²) < 4.78 is 1.85. The SMILES string of the molecule is O=C(c1ccc2nccn2c1)N(Cc1ccncc1)Cc1cccnc1. The Morgan fingerprint density at radius 2 is 1.77 bits per heavy atom. The predicted octanol–water partition coefficient (Wildman–Crippen LogP) is 2.97. The first-order valence-corrected chi connectivity index (χ1v) is 8.29. The Kier molecular flexibility index (Phi) is 4.38. The molecular weight excluding hydrogens is 326 g/mol. The van der Waals surface area contributed by atoms with Crippen LogP contribution in [0.2, 0.25) is 0 Å². The van der Waals surface area contributed by atoms with Crippen LogP contribution in [0.3, 0.4) is 0 Å². The number of rotatable bonds is 5. The minimum Gasteiger partial charge on any atom is -0.330 e. The Labute approximate surface area is 150 Å². The summed E-state index contributed by atoms with van der Waals surface area (Å²) in [4.78, 5) is 27.4. The van der Waals surface area contributed by atoms with Crippen molar-refractivity contribution in [1.82, 2.24) is 24.3 Å². The molecule has 0 radical (unpaired) electrons. The van der Waals surface area contributed by atoms with Crippen LogP contribution >= 0.6 is 0 Å². The lowest BCUT2D eigenvalue weighted by Crippen LogP contribution is -2.30. The number of fused-ring (bicyclic) bond motifs is 1. The van der Waals surface area contributed by atoms with E-state index in [2.05, 4.69) is 15.0 Å². The van der Waals surface area contributed by atoms with Gasteiger partial charge in [-0.15, -0.1) is 0 Å². The van der Waals surface area contributed by atoms with Crippen LogP contribution in [0.25, 0.3) is 5.65 Å². The van der Waals surface area contributed by atoms with E-state index in [1.54, 1.807) is 31.0 Å². The Morgan fingerprint density at radius 3 is 2.58 bits per heavy atom. The Balaban J connectivity index is 1.65. The van der Waals surface area contributed by atoms with E-state index in [0.717, 1.165) is 16.8 Å². The number of carbonyl (C=O) groups is 1. The molecule has 6 nitrogen and oxygen atoms in total. The van der Waals surface area contributed by atoms with Crippen molar-refractivity contribution in [2.45, 2.75) is 13.1 Å². The topological polar surface area (TPSA) is 63.4 Å². The van der Waals surface area contributed by atoms with E-state index < -0.39 is 0 Å². The number of aromatic nitrogens is 4. The van der Waals surface area contributed by atoms with E-state index in [-0.39, 0.29) is 5.91 Å². The van der Waals surface area contributed by atoms with Crippen LogP contribution in [0, 0.1) is 0 Å². The van der Waals surface area contributed by atoms with E-state index in [1.807, 2.05) is 58.1 Å². The van der Waals surface area contributed by atoms with Gasteiger partial charge < -0.3 is 9.30 Å². The maximum atomic E-state index is 13.2. The Bertz CT molecular complexity index is 973. The summed E-state index contributed by atoms with van der Waals surface area (Å²) >= 11 is 0. The number of carbonyl (C=O) groups excluding carboxylic acids is 1. The van der Waals surface area contributed by atoms with Crippen molar-refractivity contribution in [3.8, 4) is 0 Å². The number of nitrogens with zero attached hydrogens (tertiary/aromatic N) is 5. The third-order valence-electron chi connectivity index (χ3n) is 4.14. The first-order chi connectivity index (χ1) is 12.8. The summed E-state index contributed by atoms with van der Waals surface area (Å²) in [6, 6.07) is 11.3. The second-order valence-electron chi connectivity index (χ2n) is 5.99. The maximum absolute atomic E-state index is 13.2. The van der Waals surface area contributed by atoms with Crippen molar-refractivity contribution in [3.05, 3.63) is 96.5 Å². The quantitative estimate of drug-likeness (QED) is 0.559. The van der Waals surface area contributed by atoms with Crippen LogP contribution in [-0.2, 0) is 13.1 Å². The van der Waals surface area contributed by atoms with Crippen molar-refractivity contribution in [1.29, 1.82) is 0 Å². The van der Waals surface area contributed by atoms with Gasteiger partial charge in [-0.25, -0.2) is 4.98 Å². The Morgan fingerprint density at radius 1 is 0.923 bits per heavy atom. The van der Waals surface area contributed by atoms with Crippen LogP contribution < -0.4 is 0 Å². The summed E-state index contributed by atoms with van der Waals surface area (Å²) in [5.74, 6) is -0.0405. The lowest BCUT2D eigenvalue weighted by atomic mass is 10.1. The molecule has 6 heteroatoms. The van der Waals surface area contributed by atoms with Gasteiger partial charge >= 0.3 is 0 Å². The van der Waals surface area contributed by atoms with Crippen LogP contribution in [0.5, 0.6) is 0 Å². The molecule has 0 N–H and O–H groups in total. The molecule has 0 bridgehead atoms. The number of amides is 1. The Hall–Kier alpha value is -3.54. The van der Waals surface area contributed by atoms with Crippen LogP contribution in [0.4, 0.5) is 0 Å². The third kappa shape index (κ3) is 3.44. The van der Waals surface area contributed by atoms with Gasteiger partial charge in [0.2, 0.25) is 0 Å². The summed E-state index contributed by atoms with van der Waals surface area (Å²) in [7, 11) is 0. The van der Waals surface area contributed by atoms with Crippen molar-refractivity contribution < 1.29 is 4.79 Å². The fraction of sp³-hybridized carbons (Fsp3) is 0.100. The zero-order valence-corrected chi connectivity index (χ0v) is 14.1. The van der Waals surface area contributed by atoms with Crippen LogP contribution in [0.15, 0.2) is 79.8 Å². The molecule has 1 amide bonds.